The summed E-state index contributed by atoms with van der Waals surface area (Å²) in [5.41, 5.74) is 0.794. The van der Waals surface area contributed by atoms with Crippen molar-refractivity contribution in [2.75, 3.05) is 0 Å². The molecular weight excluding hydrogens is 262 g/mol. The van der Waals surface area contributed by atoms with E-state index in [9.17, 15) is 17.6 Å². The van der Waals surface area contributed by atoms with Gasteiger partial charge in [-0.2, -0.15) is 8.78 Å². The minimum Gasteiger partial charge on any atom is -0.417 e. The van der Waals surface area contributed by atoms with E-state index in [2.05, 4.69) is 9.72 Å². The molecule has 0 aliphatic rings. The number of benzene rings is 1. The summed E-state index contributed by atoms with van der Waals surface area (Å²) in [6, 6.07) is 4.98. The number of ether oxygens (including phenoxy) is 1. The highest BCUT2D eigenvalue weighted by Gasteiger charge is 2.14. The Hall–Kier alpha value is -2.11. The molecule has 100 valence electrons. The van der Waals surface area contributed by atoms with Gasteiger partial charge in [-0.1, -0.05) is 12.1 Å². The van der Waals surface area contributed by atoms with Crippen molar-refractivity contribution >= 4 is 0 Å². The van der Waals surface area contributed by atoms with Gasteiger partial charge in [0.05, 0.1) is 0 Å². The first-order valence-electron chi connectivity index (χ1n) is 5.35. The summed E-state index contributed by atoms with van der Waals surface area (Å²) in [7, 11) is 0. The lowest BCUT2D eigenvalue weighted by Gasteiger charge is -2.09. The molecule has 2 aromatic rings. The number of aromatic nitrogens is 1. The highest BCUT2D eigenvalue weighted by Crippen LogP contribution is 2.28. The molecule has 0 atom stereocenters. The van der Waals surface area contributed by atoms with Crippen molar-refractivity contribution in [2.24, 2.45) is 0 Å². The normalized spacial score (nSPS) is 10.8. The van der Waals surface area contributed by atoms with Gasteiger partial charge in [-0.25, -0.2) is 13.8 Å². The lowest BCUT2D eigenvalue weighted by Crippen LogP contribution is -2.04. The van der Waals surface area contributed by atoms with Gasteiger partial charge in [0.25, 0.3) is 0 Å². The Morgan fingerprint density at radius 3 is 2.53 bits per heavy atom. The molecule has 0 aliphatic heterocycles. The molecule has 0 fully saturated rings. The van der Waals surface area contributed by atoms with Crippen LogP contribution in [0.4, 0.5) is 17.6 Å². The topological polar surface area (TPSA) is 22.1 Å². The van der Waals surface area contributed by atoms with E-state index in [0.717, 1.165) is 6.07 Å². The van der Waals surface area contributed by atoms with Crippen LogP contribution in [0.15, 0.2) is 30.5 Å². The monoisotopic (exact) mass is 271 g/mol. The van der Waals surface area contributed by atoms with E-state index in [1.54, 1.807) is 6.92 Å². The average molecular weight is 271 g/mol. The summed E-state index contributed by atoms with van der Waals surface area (Å²) in [4.78, 5) is 3.64. The maximum absolute atomic E-state index is 13.6. The van der Waals surface area contributed by atoms with E-state index in [1.807, 2.05) is 0 Å². The number of nitrogens with zero attached hydrogens (tertiary/aromatic N) is 1. The third kappa shape index (κ3) is 2.83. The smallest absolute Gasteiger partial charge is 0.388 e. The molecule has 0 bridgehead atoms. The minimum absolute atomic E-state index is 0.0218. The van der Waals surface area contributed by atoms with Gasteiger partial charge in [-0.15, -0.1) is 0 Å². The molecule has 1 heterocycles. The highest BCUT2D eigenvalue weighted by molar-refractivity contribution is 5.67. The molecule has 1 aromatic carbocycles. The summed E-state index contributed by atoms with van der Waals surface area (Å²) in [6.45, 7) is -1.41. The molecular formula is C13H9F4NO. The van der Waals surface area contributed by atoms with Gasteiger partial charge in [0.15, 0.2) is 11.6 Å². The van der Waals surface area contributed by atoms with Crippen LogP contribution in [-0.2, 0) is 0 Å². The Morgan fingerprint density at radius 1 is 1.16 bits per heavy atom. The second kappa shape index (κ2) is 5.26. The van der Waals surface area contributed by atoms with Crippen LogP contribution in [0, 0.1) is 18.6 Å². The van der Waals surface area contributed by atoms with Crippen LogP contribution in [0.25, 0.3) is 11.1 Å². The van der Waals surface area contributed by atoms with Gasteiger partial charge >= 0.3 is 6.61 Å². The van der Waals surface area contributed by atoms with Crippen LogP contribution in [0.5, 0.6) is 5.88 Å². The zero-order valence-electron chi connectivity index (χ0n) is 9.83. The van der Waals surface area contributed by atoms with E-state index in [0.29, 0.717) is 11.1 Å². The molecule has 0 radical (unpaired) electrons. The van der Waals surface area contributed by atoms with Gasteiger partial charge in [0, 0.05) is 23.4 Å². The fourth-order valence-corrected chi connectivity index (χ4v) is 1.68. The Morgan fingerprint density at radius 2 is 1.89 bits per heavy atom. The number of pyridine rings is 1. The van der Waals surface area contributed by atoms with Crippen molar-refractivity contribution in [1.82, 2.24) is 4.98 Å². The van der Waals surface area contributed by atoms with Gasteiger partial charge in [-0.3, -0.25) is 0 Å². The summed E-state index contributed by atoms with van der Waals surface area (Å²) in [6.07, 6.45) is 1.17. The molecule has 0 N–H and O–H groups in total. The average Bonchev–Trinajstić information content (AvgIpc) is 2.33. The molecule has 0 aliphatic carbocycles. The summed E-state index contributed by atoms with van der Waals surface area (Å²) < 4.78 is 54.9. The largest absolute Gasteiger partial charge is 0.417 e. The quantitative estimate of drug-likeness (QED) is 0.789. The zero-order valence-corrected chi connectivity index (χ0v) is 9.83. The lowest BCUT2D eigenvalue weighted by atomic mass is 10.0. The van der Waals surface area contributed by atoms with E-state index in [1.165, 1.54) is 24.4 Å². The lowest BCUT2D eigenvalue weighted by molar-refractivity contribution is -0.0528. The van der Waals surface area contributed by atoms with Gasteiger partial charge < -0.3 is 4.74 Å². The molecule has 0 saturated heterocycles. The van der Waals surface area contributed by atoms with Crippen molar-refractivity contribution in [3.63, 3.8) is 0 Å². The predicted molar refractivity (Wildman–Crippen MR) is 61.0 cm³/mol. The van der Waals surface area contributed by atoms with E-state index in [-0.39, 0.29) is 11.4 Å². The molecule has 6 heteroatoms. The van der Waals surface area contributed by atoms with Gasteiger partial charge in [0.1, 0.15) is 0 Å². The Bertz CT molecular complexity index is 601. The van der Waals surface area contributed by atoms with E-state index < -0.39 is 18.2 Å². The highest BCUT2D eigenvalue weighted by atomic mass is 19.3. The second-order valence-electron chi connectivity index (χ2n) is 3.82. The van der Waals surface area contributed by atoms with Crippen LogP contribution < -0.4 is 4.74 Å². The van der Waals surface area contributed by atoms with Gasteiger partial charge in [-0.05, 0) is 18.6 Å². The Kier molecular flexibility index (Phi) is 3.69. The maximum atomic E-state index is 13.6. The number of hydrogen-bond acceptors (Lipinski definition) is 2. The number of halogens is 4. The van der Waals surface area contributed by atoms with Gasteiger partial charge in [0.2, 0.25) is 5.88 Å². The fraction of sp³-hybridized carbons (Fsp3) is 0.154. The summed E-state index contributed by atoms with van der Waals surface area (Å²) in [5, 5.41) is 0. The molecule has 0 unspecified atom stereocenters. The predicted octanol–water partition coefficient (Wildman–Crippen LogP) is 3.94. The molecule has 0 amide bonds. The molecule has 0 spiro atoms. The standard InChI is InChI=1S/C13H9F4NO/c1-7-5-11(19-13(16)17)18-6-9(7)8-3-2-4-10(14)12(8)15/h2-6,13H,1H3. The number of aryl methyl sites for hydroxylation is 1. The first-order chi connectivity index (χ1) is 8.99. The van der Waals surface area contributed by atoms with Crippen LogP contribution in [-0.4, -0.2) is 11.6 Å². The number of alkyl halides is 2. The molecule has 2 nitrogen and oxygen atoms in total. The van der Waals surface area contributed by atoms with Crippen LogP contribution in [0.1, 0.15) is 5.56 Å². The number of hydrogen-bond donors (Lipinski definition) is 0. The van der Waals surface area contributed by atoms with Crippen molar-refractivity contribution in [3.05, 3.63) is 47.7 Å². The zero-order chi connectivity index (χ0) is 14.0. The maximum Gasteiger partial charge on any atom is 0.388 e. The Balaban J connectivity index is 2.43. The van der Waals surface area contributed by atoms with Crippen molar-refractivity contribution in [3.8, 4) is 17.0 Å². The minimum atomic E-state index is -2.98. The van der Waals surface area contributed by atoms with Crippen molar-refractivity contribution < 1.29 is 22.3 Å². The van der Waals surface area contributed by atoms with Crippen LogP contribution in [0.2, 0.25) is 0 Å². The van der Waals surface area contributed by atoms with Crippen LogP contribution >= 0.6 is 0 Å². The first-order valence-corrected chi connectivity index (χ1v) is 5.35. The molecule has 0 saturated carbocycles. The Labute approximate surface area is 106 Å². The first kappa shape index (κ1) is 13.3. The third-order valence-electron chi connectivity index (χ3n) is 2.54. The van der Waals surface area contributed by atoms with Crippen LogP contribution in [0.3, 0.4) is 0 Å². The summed E-state index contributed by atoms with van der Waals surface area (Å²) in [5.74, 6) is -2.26. The summed E-state index contributed by atoms with van der Waals surface area (Å²) >= 11 is 0. The molecule has 19 heavy (non-hydrogen) atoms. The third-order valence-corrected chi connectivity index (χ3v) is 2.54. The SMILES string of the molecule is Cc1cc(OC(F)F)ncc1-c1cccc(F)c1F. The van der Waals surface area contributed by atoms with E-state index in [4.69, 9.17) is 0 Å². The molecule has 1 aromatic heterocycles. The number of rotatable bonds is 3. The van der Waals surface area contributed by atoms with Crippen molar-refractivity contribution in [1.29, 1.82) is 0 Å². The second-order valence-corrected chi connectivity index (χ2v) is 3.82. The fourth-order valence-electron chi connectivity index (χ4n) is 1.68. The molecule has 2 rings (SSSR count). The van der Waals surface area contributed by atoms with Crippen molar-refractivity contribution in [2.45, 2.75) is 13.5 Å². The van der Waals surface area contributed by atoms with E-state index >= 15 is 0 Å².